The first-order chi connectivity index (χ1) is 9.29. The van der Waals surface area contributed by atoms with E-state index in [1.807, 2.05) is 0 Å². The SMILES string of the molecule is Cn1nnc(NS(=O)(=O)c2ccc(C(N)=S)cc2Cl)n1. The van der Waals surface area contributed by atoms with Crippen molar-refractivity contribution < 1.29 is 8.42 Å². The molecule has 0 aliphatic carbocycles. The minimum atomic E-state index is -3.92. The van der Waals surface area contributed by atoms with E-state index in [0.717, 1.165) is 4.80 Å². The van der Waals surface area contributed by atoms with Gasteiger partial charge in [-0.15, -0.1) is 5.10 Å². The van der Waals surface area contributed by atoms with E-state index < -0.39 is 10.0 Å². The van der Waals surface area contributed by atoms with Crippen LogP contribution in [-0.2, 0) is 17.1 Å². The molecule has 0 spiro atoms. The molecular formula is C9H9ClN6O2S2. The van der Waals surface area contributed by atoms with Gasteiger partial charge in [0.2, 0.25) is 0 Å². The Hall–Kier alpha value is -1.78. The van der Waals surface area contributed by atoms with E-state index >= 15 is 0 Å². The second-order valence-electron chi connectivity index (χ2n) is 3.72. The zero-order valence-electron chi connectivity index (χ0n) is 10.1. The first-order valence-electron chi connectivity index (χ1n) is 5.16. The number of aromatic nitrogens is 4. The van der Waals surface area contributed by atoms with Gasteiger partial charge in [0.05, 0.1) is 12.1 Å². The fourth-order valence-corrected chi connectivity index (χ4v) is 2.98. The number of sulfonamides is 1. The van der Waals surface area contributed by atoms with Gasteiger partial charge in [-0.05, 0) is 17.3 Å². The average molecular weight is 333 g/mol. The zero-order valence-corrected chi connectivity index (χ0v) is 12.5. The van der Waals surface area contributed by atoms with E-state index in [0.29, 0.717) is 5.56 Å². The van der Waals surface area contributed by atoms with Crippen molar-refractivity contribution in [2.24, 2.45) is 12.8 Å². The summed E-state index contributed by atoms with van der Waals surface area (Å²) in [5.41, 5.74) is 5.92. The minimum Gasteiger partial charge on any atom is -0.389 e. The lowest BCUT2D eigenvalue weighted by Gasteiger charge is -2.07. The molecule has 20 heavy (non-hydrogen) atoms. The van der Waals surface area contributed by atoms with Gasteiger partial charge in [-0.3, -0.25) is 0 Å². The Morgan fingerprint density at radius 1 is 1.50 bits per heavy atom. The predicted molar refractivity (Wildman–Crippen MR) is 76.9 cm³/mol. The van der Waals surface area contributed by atoms with Gasteiger partial charge in [0.15, 0.2) is 0 Å². The van der Waals surface area contributed by atoms with Crippen LogP contribution in [0.5, 0.6) is 0 Å². The Morgan fingerprint density at radius 3 is 2.70 bits per heavy atom. The monoisotopic (exact) mass is 332 g/mol. The normalized spacial score (nSPS) is 11.3. The standard InChI is InChI=1S/C9H9ClN6O2S2/c1-16-13-9(12-15-16)14-20(17,18)7-3-2-5(8(11)19)4-6(7)10/h2-4H,1H3,(H2,11,19)(H,13,14). The minimum absolute atomic E-state index is 0.00769. The van der Waals surface area contributed by atoms with Crippen molar-refractivity contribution in [3.8, 4) is 0 Å². The number of aryl methyl sites for hydroxylation is 1. The topological polar surface area (TPSA) is 116 Å². The molecule has 0 fully saturated rings. The Labute approximate surface area is 125 Å². The Balaban J connectivity index is 2.37. The van der Waals surface area contributed by atoms with E-state index in [1.165, 1.54) is 25.2 Å². The highest BCUT2D eigenvalue weighted by molar-refractivity contribution is 7.92. The molecule has 0 radical (unpaired) electrons. The van der Waals surface area contributed by atoms with Gasteiger partial charge in [-0.25, -0.2) is 13.1 Å². The van der Waals surface area contributed by atoms with Crippen molar-refractivity contribution >= 4 is 44.8 Å². The summed E-state index contributed by atoms with van der Waals surface area (Å²) in [6.45, 7) is 0. The van der Waals surface area contributed by atoms with Crippen molar-refractivity contribution in [2.45, 2.75) is 4.90 Å². The summed E-state index contributed by atoms with van der Waals surface area (Å²) in [4.78, 5) is 1.11. The van der Waals surface area contributed by atoms with E-state index in [9.17, 15) is 8.42 Å². The number of hydrogen-bond donors (Lipinski definition) is 2. The van der Waals surface area contributed by atoms with Gasteiger partial charge in [0, 0.05) is 5.56 Å². The molecule has 1 heterocycles. The maximum atomic E-state index is 12.1. The predicted octanol–water partition coefficient (Wildman–Crippen LogP) is 0.298. The van der Waals surface area contributed by atoms with Gasteiger partial charge in [0.25, 0.3) is 16.0 Å². The molecule has 2 rings (SSSR count). The van der Waals surface area contributed by atoms with Gasteiger partial charge < -0.3 is 5.73 Å². The van der Waals surface area contributed by atoms with Crippen LogP contribution < -0.4 is 10.5 Å². The molecule has 0 bridgehead atoms. The summed E-state index contributed by atoms with van der Waals surface area (Å²) in [7, 11) is -2.41. The third-order valence-electron chi connectivity index (χ3n) is 2.24. The Bertz CT molecular complexity index is 772. The highest BCUT2D eigenvalue weighted by atomic mass is 35.5. The lowest BCUT2D eigenvalue weighted by atomic mass is 10.2. The molecule has 0 unspecified atom stereocenters. The average Bonchev–Trinajstić information content (AvgIpc) is 2.73. The summed E-state index contributed by atoms with van der Waals surface area (Å²) in [6.07, 6.45) is 0. The van der Waals surface area contributed by atoms with Crippen LogP contribution >= 0.6 is 23.8 Å². The molecule has 1 aromatic heterocycles. The molecule has 0 saturated heterocycles. The van der Waals surface area contributed by atoms with E-state index in [4.69, 9.17) is 29.6 Å². The number of nitrogens with two attached hydrogens (primary N) is 1. The maximum absolute atomic E-state index is 12.1. The molecule has 0 aliphatic rings. The van der Waals surface area contributed by atoms with Gasteiger partial charge >= 0.3 is 0 Å². The summed E-state index contributed by atoms with van der Waals surface area (Å²) >= 11 is 10.7. The first kappa shape index (κ1) is 14.6. The summed E-state index contributed by atoms with van der Waals surface area (Å²) in [5, 5.41) is 10.8. The van der Waals surface area contributed by atoms with Crippen molar-refractivity contribution in [1.29, 1.82) is 0 Å². The third kappa shape index (κ3) is 3.03. The first-order valence-corrected chi connectivity index (χ1v) is 7.43. The molecule has 0 aliphatic heterocycles. The number of benzene rings is 1. The van der Waals surface area contributed by atoms with Crippen molar-refractivity contribution in [1.82, 2.24) is 20.2 Å². The van der Waals surface area contributed by atoms with Crippen LogP contribution in [-0.4, -0.2) is 33.6 Å². The number of tetrazole rings is 1. The second kappa shape index (κ2) is 5.31. The quantitative estimate of drug-likeness (QED) is 0.773. The lowest BCUT2D eigenvalue weighted by Crippen LogP contribution is -2.16. The van der Waals surface area contributed by atoms with Crippen LogP contribution in [0.2, 0.25) is 5.02 Å². The molecule has 8 nitrogen and oxygen atoms in total. The van der Waals surface area contributed by atoms with Crippen molar-refractivity contribution in [3.63, 3.8) is 0 Å². The van der Waals surface area contributed by atoms with Crippen LogP contribution in [0.3, 0.4) is 0 Å². The van der Waals surface area contributed by atoms with E-state index in [-0.39, 0.29) is 20.9 Å². The fourth-order valence-electron chi connectivity index (χ4n) is 1.37. The maximum Gasteiger partial charge on any atom is 0.277 e. The van der Waals surface area contributed by atoms with Crippen LogP contribution in [0.1, 0.15) is 5.56 Å². The largest absolute Gasteiger partial charge is 0.389 e. The zero-order chi connectivity index (χ0) is 14.9. The van der Waals surface area contributed by atoms with Crippen molar-refractivity contribution in [2.75, 3.05) is 4.72 Å². The molecule has 106 valence electrons. The lowest BCUT2D eigenvalue weighted by molar-refractivity contribution is 0.600. The van der Waals surface area contributed by atoms with Crippen LogP contribution in [0.4, 0.5) is 5.95 Å². The summed E-state index contributed by atoms with van der Waals surface area (Å²) in [5.74, 6) is -0.151. The second-order valence-corrected chi connectivity index (χ2v) is 6.22. The van der Waals surface area contributed by atoms with Crippen LogP contribution in [0.15, 0.2) is 23.1 Å². The Kier molecular flexibility index (Phi) is 3.88. The molecule has 3 N–H and O–H groups in total. The van der Waals surface area contributed by atoms with Gasteiger partial charge in [-0.1, -0.05) is 35.0 Å². The van der Waals surface area contributed by atoms with Crippen LogP contribution in [0.25, 0.3) is 0 Å². The fraction of sp³-hybridized carbons (Fsp3) is 0.111. The molecule has 2 aromatic rings. The van der Waals surface area contributed by atoms with Gasteiger partial charge in [-0.2, -0.15) is 4.80 Å². The number of nitrogens with zero attached hydrogens (tertiary/aromatic N) is 4. The number of anilines is 1. The number of halogens is 1. The van der Waals surface area contributed by atoms with Crippen molar-refractivity contribution in [3.05, 3.63) is 28.8 Å². The van der Waals surface area contributed by atoms with Crippen LogP contribution in [0, 0.1) is 0 Å². The highest BCUT2D eigenvalue weighted by Crippen LogP contribution is 2.24. The molecule has 11 heteroatoms. The Morgan fingerprint density at radius 2 is 2.20 bits per heavy atom. The number of hydrogen-bond acceptors (Lipinski definition) is 6. The van der Waals surface area contributed by atoms with E-state index in [1.54, 1.807) is 0 Å². The smallest absolute Gasteiger partial charge is 0.277 e. The molecule has 0 saturated carbocycles. The molecule has 0 amide bonds. The number of rotatable bonds is 4. The summed E-state index contributed by atoms with van der Waals surface area (Å²) < 4.78 is 26.4. The summed E-state index contributed by atoms with van der Waals surface area (Å²) in [6, 6.07) is 4.14. The third-order valence-corrected chi connectivity index (χ3v) is 4.29. The molecule has 1 aromatic carbocycles. The molecular weight excluding hydrogens is 324 g/mol. The van der Waals surface area contributed by atoms with E-state index in [2.05, 4.69) is 20.1 Å². The number of thiocarbonyl (C=S) groups is 1. The van der Waals surface area contributed by atoms with Gasteiger partial charge in [0.1, 0.15) is 9.88 Å². The molecule has 0 atom stereocenters. The number of nitrogens with one attached hydrogen (secondary N) is 1. The highest BCUT2D eigenvalue weighted by Gasteiger charge is 2.20.